The molecule has 11 heteroatoms. The van der Waals surface area contributed by atoms with Gasteiger partial charge in [0.15, 0.2) is 11.4 Å². The van der Waals surface area contributed by atoms with Gasteiger partial charge in [-0.15, -0.1) is 0 Å². The SMILES string of the molecule is NCCCN1CCn2cc(C(=O)NCc3ccc(F)c(Cl)c3F)c(=O)c(O)c2C1=O. The molecular formula is C19H19ClF2N4O4. The fourth-order valence-electron chi connectivity index (χ4n) is 3.16. The Morgan fingerprint density at radius 2 is 2.00 bits per heavy atom. The van der Waals surface area contributed by atoms with E-state index in [9.17, 15) is 28.3 Å². The summed E-state index contributed by atoms with van der Waals surface area (Å²) in [6, 6.07) is 2.07. The second kappa shape index (κ2) is 8.80. The van der Waals surface area contributed by atoms with Crippen LogP contribution >= 0.6 is 11.6 Å². The molecule has 1 aromatic heterocycles. The maximum absolute atomic E-state index is 14.0. The molecule has 0 saturated carbocycles. The Morgan fingerprint density at radius 1 is 1.27 bits per heavy atom. The van der Waals surface area contributed by atoms with E-state index in [2.05, 4.69) is 5.32 Å². The summed E-state index contributed by atoms with van der Waals surface area (Å²) in [5, 5.41) is 11.9. The van der Waals surface area contributed by atoms with Crippen molar-refractivity contribution in [1.29, 1.82) is 0 Å². The standard InChI is InChI=1S/C19H19ClF2N4O4/c20-13-12(21)3-2-10(14(13)22)8-24-18(29)11-9-26-7-6-25(5-1-4-23)19(30)15(26)17(28)16(11)27/h2-3,9,28H,1,4-8,23H2,(H,24,29). The van der Waals surface area contributed by atoms with Gasteiger partial charge in [-0.1, -0.05) is 17.7 Å². The van der Waals surface area contributed by atoms with Crippen molar-refractivity contribution >= 4 is 23.4 Å². The number of nitrogens with zero attached hydrogens (tertiary/aromatic N) is 2. The number of rotatable bonds is 6. The largest absolute Gasteiger partial charge is 0.503 e. The van der Waals surface area contributed by atoms with Gasteiger partial charge in [-0.2, -0.15) is 0 Å². The predicted molar refractivity (Wildman–Crippen MR) is 104 cm³/mol. The molecule has 2 aromatic rings. The number of carbonyl (C=O) groups is 2. The number of hydrogen-bond donors (Lipinski definition) is 3. The van der Waals surface area contributed by atoms with E-state index in [1.807, 2.05) is 0 Å². The maximum Gasteiger partial charge on any atom is 0.274 e. The molecule has 0 fully saturated rings. The Bertz CT molecular complexity index is 1070. The molecule has 1 aliphatic rings. The lowest BCUT2D eigenvalue weighted by Gasteiger charge is -2.30. The molecule has 4 N–H and O–H groups in total. The van der Waals surface area contributed by atoms with Gasteiger partial charge in [-0.25, -0.2) is 8.78 Å². The van der Waals surface area contributed by atoms with E-state index in [0.717, 1.165) is 12.1 Å². The minimum absolute atomic E-state index is 0.0808. The highest BCUT2D eigenvalue weighted by Gasteiger charge is 2.30. The molecule has 8 nitrogen and oxygen atoms in total. The second-order valence-corrected chi connectivity index (χ2v) is 7.09. The van der Waals surface area contributed by atoms with Crippen molar-refractivity contribution in [3.8, 4) is 5.75 Å². The Hall–Kier alpha value is -2.98. The van der Waals surface area contributed by atoms with Crippen LogP contribution in [0.3, 0.4) is 0 Å². The summed E-state index contributed by atoms with van der Waals surface area (Å²) in [6.45, 7) is 1.01. The van der Waals surface area contributed by atoms with Crippen molar-refractivity contribution in [3.63, 3.8) is 0 Å². The van der Waals surface area contributed by atoms with Gasteiger partial charge >= 0.3 is 0 Å². The zero-order chi connectivity index (χ0) is 22.0. The molecule has 0 atom stereocenters. The lowest BCUT2D eigenvalue weighted by Crippen LogP contribution is -2.43. The van der Waals surface area contributed by atoms with Crippen LogP contribution in [0.2, 0.25) is 5.02 Å². The lowest BCUT2D eigenvalue weighted by atomic mass is 10.1. The Labute approximate surface area is 174 Å². The number of hydrogen-bond acceptors (Lipinski definition) is 5. The van der Waals surface area contributed by atoms with Crippen LogP contribution in [0, 0.1) is 11.6 Å². The third kappa shape index (κ3) is 4.01. The maximum atomic E-state index is 14.0. The van der Waals surface area contributed by atoms with Crippen molar-refractivity contribution in [2.24, 2.45) is 5.73 Å². The Morgan fingerprint density at radius 3 is 2.70 bits per heavy atom. The third-order valence-electron chi connectivity index (χ3n) is 4.79. The lowest BCUT2D eigenvalue weighted by molar-refractivity contribution is 0.0694. The molecule has 0 aliphatic carbocycles. The number of carbonyl (C=O) groups excluding carboxylic acids is 2. The van der Waals surface area contributed by atoms with Crippen LogP contribution in [-0.4, -0.2) is 46.0 Å². The number of pyridine rings is 1. The van der Waals surface area contributed by atoms with Gasteiger partial charge < -0.3 is 25.6 Å². The van der Waals surface area contributed by atoms with E-state index in [-0.39, 0.29) is 24.3 Å². The number of halogens is 3. The van der Waals surface area contributed by atoms with Crippen molar-refractivity contribution in [2.45, 2.75) is 19.5 Å². The van der Waals surface area contributed by atoms with Crippen LogP contribution in [0.25, 0.3) is 0 Å². The molecule has 0 bridgehead atoms. The number of amides is 2. The molecule has 0 radical (unpaired) electrons. The topological polar surface area (TPSA) is 118 Å². The van der Waals surface area contributed by atoms with E-state index in [0.29, 0.717) is 26.1 Å². The summed E-state index contributed by atoms with van der Waals surface area (Å²) >= 11 is 5.51. The minimum atomic E-state index is -1.02. The van der Waals surface area contributed by atoms with Gasteiger partial charge in [-0.05, 0) is 19.0 Å². The molecular weight excluding hydrogens is 422 g/mol. The fraction of sp³-hybridized carbons (Fsp3) is 0.316. The molecule has 3 rings (SSSR count). The summed E-state index contributed by atoms with van der Waals surface area (Å²) < 4.78 is 28.5. The summed E-state index contributed by atoms with van der Waals surface area (Å²) in [7, 11) is 0. The van der Waals surface area contributed by atoms with E-state index < -0.39 is 45.2 Å². The number of fused-ring (bicyclic) bond motifs is 1. The van der Waals surface area contributed by atoms with Crippen LogP contribution in [0.5, 0.6) is 5.75 Å². The first-order valence-corrected chi connectivity index (χ1v) is 9.50. The van der Waals surface area contributed by atoms with Gasteiger partial charge in [-0.3, -0.25) is 14.4 Å². The minimum Gasteiger partial charge on any atom is -0.503 e. The molecule has 2 amide bonds. The number of nitrogens with two attached hydrogens (primary N) is 1. The highest BCUT2D eigenvalue weighted by Crippen LogP contribution is 2.22. The highest BCUT2D eigenvalue weighted by molar-refractivity contribution is 6.30. The van der Waals surface area contributed by atoms with Crippen LogP contribution in [0.15, 0.2) is 23.1 Å². The molecule has 2 heterocycles. The normalized spacial score (nSPS) is 13.3. The zero-order valence-corrected chi connectivity index (χ0v) is 16.5. The van der Waals surface area contributed by atoms with Gasteiger partial charge in [0.05, 0.1) is 0 Å². The summed E-state index contributed by atoms with van der Waals surface area (Å²) in [5.74, 6) is -4.21. The Kier molecular flexibility index (Phi) is 6.37. The first kappa shape index (κ1) is 21.7. The quantitative estimate of drug-likeness (QED) is 0.584. The fourth-order valence-corrected chi connectivity index (χ4v) is 3.35. The first-order chi connectivity index (χ1) is 14.3. The number of nitrogens with one attached hydrogen (secondary N) is 1. The van der Waals surface area contributed by atoms with Gasteiger partial charge in [0.25, 0.3) is 11.8 Å². The van der Waals surface area contributed by atoms with Crippen LogP contribution < -0.4 is 16.5 Å². The number of aromatic nitrogens is 1. The van der Waals surface area contributed by atoms with Gasteiger partial charge in [0.2, 0.25) is 5.43 Å². The molecule has 0 spiro atoms. The number of benzene rings is 1. The second-order valence-electron chi connectivity index (χ2n) is 6.71. The molecule has 0 unspecified atom stereocenters. The van der Waals surface area contributed by atoms with Crippen LogP contribution in [-0.2, 0) is 13.1 Å². The number of aromatic hydroxyl groups is 1. The highest BCUT2D eigenvalue weighted by atomic mass is 35.5. The molecule has 160 valence electrons. The summed E-state index contributed by atoms with van der Waals surface area (Å²) in [5.41, 5.74) is 3.74. The van der Waals surface area contributed by atoms with E-state index in [1.165, 1.54) is 15.7 Å². The van der Waals surface area contributed by atoms with Crippen molar-refractivity contribution < 1.29 is 23.5 Å². The Balaban J connectivity index is 1.83. The monoisotopic (exact) mass is 440 g/mol. The third-order valence-corrected chi connectivity index (χ3v) is 5.13. The molecule has 0 saturated heterocycles. The molecule has 30 heavy (non-hydrogen) atoms. The van der Waals surface area contributed by atoms with E-state index in [4.69, 9.17) is 17.3 Å². The van der Waals surface area contributed by atoms with Crippen LogP contribution in [0.4, 0.5) is 8.78 Å². The van der Waals surface area contributed by atoms with Crippen molar-refractivity contribution in [3.05, 3.63) is 62.0 Å². The predicted octanol–water partition coefficient (Wildman–Crippen LogP) is 1.22. The average Bonchev–Trinajstić information content (AvgIpc) is 2.73. The van der Waals surface area contributed by atoms with E-state index in [1.54, 1.807) is 0 Å². The molecule has 1 aromatic carbocycles. The van der Waals surface area contributed by atoms with Crippen LogP contribution in [0.1, 0.15) is 32.8 Å². The summed E-state index contributed by atoms with van der Waals surface area (Å²) in [6.07, 6.45) is 1.75. The molecule has 1 aliphatic heterocycles. The van der Waals surface area contributed by atoms with Crippen molar-refractivity contribution in [1.82, 2.24) is 14.8 Å². The summed E-state index contributed by atoms with van der Waals surface area (Å²) in [4.78, 5) is 39.0. The van der Waals surface area contributed by atoms with Crippen molar-refractivity contribution in [2.75, 3.05) is 19.6 Å². The first-order valence-electron chi connectivity index (χ1n) is 9.12. The average molecular weight is 441 g/mol. The van der Waals surface area contributed by atoms with Gasteiger partial charge in [0.1, 0.15) is 22.2 Å². The zero-order valence-electron chi connectivity index (χ0n) is 15.8. The van der Waals surface area contributed by atoms with Gasteiger partial charge in [0, 0.05) is 37.9 Å². The smallest absolute Gasteiger partial charge is 0.274 e. The van der Waals surface area contributed by atoms with E-state index >= 15 is 0 Å².